The van der Waals surface area contributed by atoms with Gasteiger partial charge in [0.15, 0.2) is 0 Å². The normalized spacial score (nSPS) is 17.1. The van der Waals surface area contributed by atoms with Gasteiger partial charge in [0.1, 0.15) is 0 Å². The lowest BCUT2D eigenvalue weighted by Gasteiger charge is -2.19. The van der Waals surface area contributed by atoms with Gasteiger partial charge < -0.3 is 4.90 Å². The van der Waals surface area contributed by atoms with E-state index in [0.717, 1.165) is 26.7 Å². The van der Waals surface area contributed by atoms with Gasteiger partial charge in [-0.1, -0.05) is 18.2 Å². The number of hydrogen-bond acceptors (Lipinski definition) is 4. The Balaban J connectivity index is 1.77. The van der Waals surface area contributed by atoms with Crippen LogP contribution in [0.2, 0.25) is 0 Å². The van der Waals surface area contributed by atoms with Gasteiger partial charge in [-0.15, -0.1) is 22.7 Å². The summed E-state index contributed by atoms with van der Waals surface area (Å²) in [5, 5.41) is 3.16. The number of rotatable bonds is 2. The minimum Gasteiger partial charge on any atom is -0.330 e. The lowest BCUT2D eigenvalue weighted by Crippen LogP contribution is -2.23. The van der Waals surface area contributed by atoms with Crippen molar-refractivity contribution in [3.8, 4) is 10.6 Å². The Morgan fingerprint density at radius 2 is 2.00 bits per heavy atom. The van der Waals surface area contributed by atoms with E-state index in [1.54, 1.807) is 22.7 Å². The van der Waals surface area contributed by atoms with Gasteiger partial charge in [0, 0.05) is 22.9 Å². The largest absolute Gasteiger partial charge is 0.330 e. The van der Waals surface area contributed by atoms with E-state index >= 15 is 0 Å². The van der Waals surface area contributed by atoms with Crippen molar-refractivity contribution < 1.29 is 4.79 Å². The highest BCUT2D eigenvalue weighted by atomic mass is 32.1. The fourth-order valence-corrected chi connectivity index (χ4v) is 4.72. The zero-order chi connectivity index (χ0) is 15.3. The minimum atomic E-state index is 0.0159. The molecule has 0 aliphatic carbocycles. The third-order valence-corrected chi connectivity index (χ3v) is 5.89. The van der Waals surface area contributed by atoms with Crippen molar-refractivity contribution in [3.05, 3.63) is 62.8 Å². The first kappa shape index (κ1) is 13.7. The third kappa shape index (κ3) is 2.01. The average Bonchev–Trinajstić information content (AvgIpc) is 3.20. The summed E-state index contributed by atoms with van der Waals surface area (Å²) in [5.41, 5.74) is 2.94. The highest BCUT2D eigenvalue weighted by Crippen LogP contribution is 2.41. The molecule has 1 aliphatic heterocycles. The summed E-state index contributed by atoms with van der Waals surface area (Å²) in [7, 11) is 1.87. The van der Waals surface area contributed by atoms with Gasteiger partial charge in [0.05, 0.1) is 21.6 Å². The number of aromatic nitrogens is 1. The molecule has 0 saturated heterocycles. The monoisotopic (exact) mass is 326 g/mol. The van der Waals surface area contributed by atoms with Crippen LogP contribution >= 0.6 is 22.7 Å². The molecule has 5 heteroatoms. The van der Waals surface area contributed by atoms with Crippen LogP contribution in [0.3, 0.4) is 0 Å². The maximum atomic E-state index is 12.4. The molecular formula is C17H14N2OS2. The van der Waals surface area contributed by atoms with Gasteiger partial charge in [-0.2, -0.15) is 0 Å². The van der Waals surface area contributed by atoms with Crippen molar-refractivity contribution >= 4 is 28.6 Å². The lowest BCUT2D eigenvalue weighted by atomic mass is 10.0. The Kier molecular flexibility index (Phi) is 3.13. The molecule has 1 atom stereocenters. The number of carbonyl (C=O) groups is 1. The highest BCUT2D eigenvalue weighted by Gasteiger charge is 2.35. The van der Waals surface area contributed by atoms with Crippen LogP contribution in [0.4, 0.5) is 0 Å². The Bertz CT molecular complexity index is 865. The molecule has 110 valence electrons. The molecule has 2 aromatic heterocycles. The van der Waals surface area contributed by atoms with Crippen LogP contribution in [0.15, 0.2) is 41.8 Å². The third-order valence-electron chi connectivity index (χ3n) is 3.96. The smallest absolute Gasteiger partial charge is 0.254 e. The molecule has 0 N–H and O–H groups in total. The van der Waals surface area contributed by atoms with Crippen molar-refractivity contribution in [2.45, 2.75) is 13.0 Å². The van der Waals surface area contributed by atoms with Gasteiger partial charge in [0.2, 0.25) is 0 Å². The number of nitrogens with zero attached hydrogens (tertiary/aromatic N) is 2. The molecule has 3 nitrogen and oxygen atoms in total. The summed E-state index contributed by atoms with van der Waals surface area (Å²) in [5.74, 6) is 0.0973. The van der Waals surface area contributed by atoms with E-state index in [0.29, 0.717) is 0 Å². The summed E-state index contributed by atoms with van der Waals surface area (Å²) >= 11 is 3.38. The number of amides is 1. The molecule has 4 rings (SSSR count). The maximum absolute atomic E-state index is 12.4. The van der Waals surface area contributed by atoms with Crippen LogP contribution < -0.4 is 0 Å². The van der Waals surface area contributed by atoms with Gasteiger partial charge in [-0.3, -0.25) is 4.79 Å². The molecule has 1 aromatic carbocycles. The zero-order valence-corrected chi connectivity index (χ0v) is 13.9. The first-order chi connectivity index (χ1) is 10.6. The molecule has 0 fully saturated rings. The molecule has 22 heavy (non-hydrogen) atoms. The first-order valence-electron chi connectivity index (χ1n) is 7.03. The fourth-order valence-electron chi connectivity index (χ4n) is 2.90. The van der Waals surface area contributed by atoms with Crippen LogP contribution in [0.1, 0.15) is 31.8 Å². The first-order valence-corrected chi connectivity index (χ1v) is 8.73. The molecular weight excluding hydrogens is 312 g/mol. The molecule has 3 heterocycles. The number of carbonyl (C=O) groups excluding carboxylic acids is 1. The van der Waals surface area contributed by atoms with Crippen molar-refractivity contribution in [3.63, 3.8) is 0 Å². The molecule has 3 aromatic rings. The second kappa shape index (κ2) is 5.04. The summed E-state index contributed by atoms with van der Waals surface area (Å²) in [6, 6.07) is 12.1. The highest BCUT2D eigenvalue weighted by molar-refractivity contribution is 7.16. The predicted octanol–water partition coefficient (Wildman–Crippen LogP) is 4.36. The predicted molar refractivity (Wildman–Crippen MR) is 90.5 cm³/mol. The Morgan fingerprint density at radius 3 is 2.77 bits per heavy atom. The Hall–Kier alpha value is -1.98. The summed E-state index contributed by atoms with van der Waals surface area (Å²) in [6.45, 7) is 2.02. The van der Waals surface area contributed by atoms with E-state index in [1.165, 1.54) is 4.88 Å². The quantitative estimate of drug-likeness (QED) is 0.701. The number of hydrogen-bond donors (Lipinski definition) is 0. The Labute approximate surface area is 136 Å². The van der Waals surface area contributed by atoms with Gasteiger partial charge in [0.25, 0.3) is 5.91 Å². The molecule has 0 bridgehead atoms. The van der Waals surface area contributed by atoms with Crippen molar-refractivity contribution in [2.75, 3.05) is 7.05 Å². The SMILES string of the molecule is Cc1nc(-c2ccc(C3c4ccccc4C(=O)N3C)s2)cs1. The second-order valence-corrected chi connectivity index (χ2v) is 7.54. The van der Waals surface area contributed by atoms with Gasteiger partial charge in [-0.05, 0) is 30.7 Å². The minimum absolute atomic E-state index is 0.0159. The van der Waals surface area contributed by atoms with Crippen LogP contribution in [0.25, 0.3) is 10.6 Å². The second-order valence-electron chi connectivity index (χ2n) is 5.36. The van der Waals surface area contributed by atoms with E-state index in [4.69, 9.17) is 0 Å². The number of fused-ring (bicyclic) bond motifs is 1. The van der Waals surface area contributed by atoms with E-state index in [2.05, 4.69) is 22.5 Å². The Morgan fingerprint density at radius 1 is 1.18 bits per heavy atom. The summed E-state index contributed by atoms with van der Waals surface area (Å²) in [6.07, 6.45) is 0. The number of thiazole rings is 1. The van der Waals surface area contributed by atoms with Gasteiger partial charge in [-0.25, -0.2) is 4.98 Å². The molecule has 0 saturated carbocycles. The maximum Gasteiger partial charge on any atom is 0.254 e. The van der Waals surface area contributed by atoms with Crippen LogP contribution in [0.5, 0.6) is 0 Å². The van der Waals surface area contributed by atoms with Crippen molar-refractivity contribution in [1.29, 1.82) is 0 Å². The van der Waals surface area contributed by atoms with Crippen LogP contribution in [-0.2, 0) is 0 Å². The molecule has 0 radical (unpaired) electrons. The molecule has 1 unspecified atom stereocenters. The molecule has 1 amide bonds. The number of thiophene rings is 1. The van der Waals surface area contributed by atoms with Crippen molar-refractivity contribution in [2.24, 2.45) is 0 Å². The lowest BCUT2D eigenvalue weighted by molar-refractivity contribution is 0.0795. The van der Waals surface area contributed by atoms with E-state index < -0.39 is 0 Å². The molecule has 0 spiro atoms. The van der Waals surface area contributed by atoms with E-state index in [9.17, 15) is 4.79 Å². The van der Waals surface area contributed by atoms with Gasteiger partial charge >= 0.3 is 0 Å². The standard InChI is InChI=1S/C17H14N2OS2/c1-10-18-13(9-21-10)14-7-8-15(22-14)16-11-5-3-4-6-12(11)17(20)19(16)2/h3-9,16H,1-2H3. The number of benzene rings is 1. The van der Waals surface area contributed by atoms with E-state index in [-0.39, 0.29) is 11.9 Å². The zero-order valence-electron chi connectivity index (χ0n) is 12.2. The topological polar surface area (TPSA) is 33.2 Å². The van der Waals surface area contributed by atoms with Crippen LogP contribution in [-0.4, -0.2) is 22.8 Å². The fraction of sp³-hybridized carbons (Fsp3) is 0.176. The summed E-state index contributed by atoms with van der Waals surface area (Å²) in [4.78, 5) is 21.1. The van der Waals surface area contributed by atoms with Crippen LogP contribution in [0, 0.1) is 6.92 Å². The number of aryl methyl sites for hydroxylation is 1. The van der Waals surface area contributed by atoms with Crippen molar-refractivity contribution in [1.82, 2.24) is 9.88 Å². The summed E-state index contributed by atoms with van der Waals surface area (Å²) < 4.78 is 0. The average molecular weight is 326 g/mol. The molecule has 1 aliphatic rings. The van der Waals surface area contributed by atoms with E-state index in [1.807, 2.05) is 43.1 Å².